The van der Waals surface area contributed by atoms with Crippen LogP contribution in [-0.2, 0) is 14.3 Å². The Balaban J connectivity index is 1.63. The van der Waals surface area contributed by atoms with Gasteiger partial charge in [0, 0.05) is 5.92 Å². The summed E-state index contributed by atoms with van der Waals surface area (Å²) in [5.74, 6) is -2.18. The Bertz CT molecular complexity index is 929. The van der Waals surface area contributed by atoms with Crippen LogP contribution in [0.15, 0.2) is 48.5 Å². The summed E-state index contributed by atoms with van der Waals surface area (Å²) in [5.41, 5.74) is 4.36. The summed E-state index contributed by atoms with van der Waals surface area (Å²) in [6.45, 7) is 3.04. The van der Waals surface area contributed by atoms with Crippen molar-refractivity contribution in [1.29, 1.82) is 0 Å². The zero-order chi connectivity index (χ0) is 22.5. The molecule has 1 aliphatic carbocycles. The molecular formula is C23H26N2O6. The molecule has 0 heterocycles. The number of ether oxygens (including phenoxy) is 1. The fourth-order valence-electron chi connectivity index (χ4n) is 3.78. The molecule has 0 radical (unpaired) electrons. The van der Waals surface area contributed by atoms with E-state index in [0.29, 0.717) is 0 Å². The van der Waals surface area contributed by atoms with Crippen molar-refractivity contribution in [1.82, 2.24) is 10.6 Å². The van der Waals surface area contributed by atoms with Gasteiger partial charge in [-0.05, 0) is 35.6 Å². The van der Waals surface area contributed by atoms with E-state index in [9.17, 15) is 19.5 Å². The van der Waals surface area contributed by atoms with E-state index in [4.69, 9.17) is 9.84 Å². The molecule has 3 rings (SSSR count). The molecule has 3 atom stereocenters. The summed E-state index contributed by atoms with van der Waals surface area (Å²) >= 11 is 0. The maximum Gasteiger partial charge on any atom is 0.407 e. The van der Waals surface area contributed by atoms with Crippen LogP contribution < -0.4 is 10.6 Å². The number of hydrogen-bond donors (Lipinski definition) is 4. The van der Waals surface area contributed by atoms with Crippen LogP contribution in [0.3, 0.4) is 0 Å². The first-order valence-electron chi connectivity index (χ1n) is 10.2. The van der Waals surface area contributed by atoms with Crippen LogP contribution in [0.5, 0.6) is 0 Å². The van der Waals surface area contributed by atoms with Gasteiger partial charge in [-0.3, -0.25) is 4.79 Å². The Morgan fingerprint density at radius 3 is 2.03 bits per heavy atom. The van der Waals surface area contributed by atoms with E-state index in [1.54, 1.807) is 6.92 Å². The van der Waals surface area contributed by atoms with Gasteiger partial charge in [0.05, 0.1) is 6.10 Å². The van der Waals surface area contributed by atoms with Gasteiger partial charge in [0.15, 0.2) is 6.04 Å². The quantitative estimate of drug-likeness (QED) is 0.513. The van der Waals surface area contributed by atoms with Crippen LogP contribution in [-0.4, -0.2) is 53.0 Å². The van der Waals surface area contributed by atoms with Crippen molar-refractivity contribution < 1.29 is 29.3 Å². The number of carboxylic acids is 1. The minimum absolute atomic E-state index is 0.101. The van der Waals surface area contributed by atoms with Gasteiger partial charge in [-0.1, -0.05) is 55.5 Å². The lowest BCUT2D eigenvalue weighted by molar-refractivity contribution is -0.145. The summed E-state index contributed by atoms with van der Waals surface area (Å²) in [6.07, 6.45) is -1.83. The van der Waals surface area contributed by atoms with E-state index in [-0.39, 0.29) is 18.9 Å². The average Bonchev–Trinajstić information content (AvgIpc) is 3.07. The first kappa shape index (κ1) is 22.3. The van der Waals surface area contributed by atoms with Gasteiger partial charge in [0.2, 0.25) is 5.91 Å². The predicted octanol–water partition coefficient (Wildman–Crippen LogP) is 2.25. The van der Waals surface area contributed by atoms with Crippen molar-refractivity contribution >= 4 is 18.0 Å². The SMILES string of the molecule is CC[C@H](NC(=O)OCC1c2ccccc2-c2ccccc21)C(=O)N[C@H](C(=O)O)[C@@H](C)O. The van der Waals surface area contributed by atoms with E-state index in [1.807, 2.05) is 48.5 Å². The maximum atomic E-state index is 12.4. The topological polar surface area (TPSA) is 125 Å². The lowest BCUT2D eigenvalue weighted by Gasteiger charge is -2.22. The van der Waals surface area contributed by atoms with E-state index in [1.165, 1.54) is 6.92 Å². The Hall–Kier alpha value is -3.39. The van der Waals surface area contributed by atoms with Crippen LogP contribution >= 0.6 is 0 Å². The highest BCUT2D eigenvalue weighted by Gasteiger charge is 2.31. The van der Waals surface area contributed by atoms with Gasteiger partial charge >= 0.3 is 12.1 Å². The number of hydrogen-bond acceptors (Lipinski definition) is 5. The third-order valence-corrected chi connectivity index (χ3v) is 5.41. The second-order valence-electron chi connectivity index (χ2n) is 7.50. The minimum Gasteiger partial charge on any atom is -0.480 e. The molecule has 2 aromatic rings. The molecule has 31 heavy (non-hydrogen) atoms. The number of alkyl carbamates (subject to hydrolysis) is 1. The molecule has 2 amide bonds. The Labute approximate surface area is 180 Å². The zero-order valence-electron chi connectivity index (χ0n) is 17.4. The number of rotatable bonds is 8. The van der Waals surface area contributed by atoms with Gasteiger partial charge in [-0.25, -0.2) is 9.59 Å². The van der Waals surface area contributed by atoms with Crippen molar-refractivity contribution in [2.24, 2.45) is 0 Å². The highest BCUT2D eigenvalue weighted by Crippen LogP contribution is 2.44. The second-order valence-corrected chi connectivity index (χ2v) is 7.50. The van der Waals surface area contributed by atoms with Crippen LogP contribution in [0, 0.1) is 0 Å². The summed E-state index contributed by atoms with van der Waals surface area (Å²) in [7, 11) is 0. The third kappa shape index (κ3) is 4.86. The third-order valence-electron chi connectivity index (χ3n) is 5.41. The maximum absolute atomic E-state index is 12.4. The molecule has 164 valence electrons. The largest absolute Gasteiger partial charge is 0.480 e. The zero-order valence-corrected chi connectivity index (χ0v) is 17.4. The standard InChI is InChI=1S/C23H26N2O6/c1-3-19(21(27)25-20(13(2)26)22(28)29)24-23(30)31-12-18-16-10-6-4-8-14(16)15-9-5-7-11-17(15)18/h4-11,13,18-20,26H,3,12H2,1-2H3,(H,24,30)(H,25,27)(H,28,29)/t13-,19+,20+/m1/s1. The van der Waals surface area contributed by atoms with Crippen molar-refractivity contribution in [3.63, 3.8) is 0 Å². The van der Waals surface area contributed by atoms with Crippen molar-refractivity contribution in [2.75, 3.05) is 6.61 Å². The van der Waals surface area contributed by atoms with Crippen molar-refractivity contribution in [2.45, 2.75) is 44.4 Å². The van der Waals surface area contributed by atoms with E-state index in [2.05, 4.69) is 10.6 Å². The van der Waals surface area contributed by atoms with Crippen molar-refractivity contribution in [3.8, 4) is 11.1 Å². The number of nitrogens with one attached hydrogen (secondary N) is 2. The number of aliphatic hydroxyl groups excluding tert-OH is 1. The number of benzene rings is 2. The number of fused-ring (bicyclic) bond motifs is 3. The second kappa shape index (κ2) is 9.61. The van der Waals surface area contributed by atoms with Crippen LogP contribution in [0.1, 0.15) is 37.3 Å². The Kier molecular flexibility index (Phi) is 6.91. The fraction of sp³-hybridized carbons (Fsp3) is 0.348. The summed E-state index contributed by atoms with van der Waals surface area (Å²) in [5, 5.41) is 23.3. The van der Waals surface area contributed by atoms with Crippen LogP contribution in [0.25, 0.3) is 11.1 Å². The molecule has 0 aliphatic heterocycles. The van der Waals surface area contributed by atoms with Gasteiger partial charge in [0.1, 0.15) is 12.6 Å². The van der Waals surface area contributed by atoms with Crippen molar-refractivity contribution in [3.05, 3.63) is 59.7 Å². The van der Waals surface area contributed by atoms with Gasteiger partial charge < -0.3 is 25.6 Å². The highest BCUT2D eigenvalue weighted by molar-refractivity contribution is 5.89. The number of carbonyl (C=O) groups is 3. The monoisotopic (exact) mass is 426 g/mol. The average molecular weight is 426 g/mol. The van der Waals surface area contributed by atoms with Crippen LogP contribution in [0.4, 0.5) is 4.79 Å². The summed E-state index contributed by atoms with van der Waals surface area (Å²) < 4.78 is 5.43. The molecule has 8 nitrogen and oxygen atoms in total. The molecule has 0 saturated carbocycles. The normalized spacial score (nSPS) is 15.2. The molecule has 0 saturated heterocycles. The lowest BCUT2D eigenvalue weighted by Crippen LogP contribution is -2.54. The number of aliphatic hydroxyl groups is 1. The van der Waals surface area contributed by atoms with E-state index >= 15 is 0 Å². The molecule has 4 N–H and O–H groups in total. The lowest BCUT2D eigenvalue weighted by atomic mass is 9.98. The van der Waals surface area contributed by atoms with Crippen LogP contribution in [0.2, 0.25) is 0 Å². The number of carboxylic acid groups (broad SMARTS) is 1. The highest BCUT2D eigenvalue weighted by atomic mass is 16.5. The minimum atomic E-state index is -1.47. The predicted molar refractivity (Wildman–Crippen MR) is 114 cm³/mol. The van der Waals surface area contributed by atoms with E-state index < -0.39 is 36.2 Å². The molecule has 8 heteroatoms. The molecule has 0 bridgehead atoms. The molecular weight excluding hydrogens is 400 g/mol. The van der Waals surface area contributed by atoms with Gasteiger partial charge in [-0.15, -0.1) is 0 Å². The first-order valence-corrected chi connectivity index (χ1v) is 10.2. The smallest absolute Gasteiger partial charge is 0.407 e. The number of amides is 2. The molecule has 0 aromatic heterocycles. The summed E-state index contributed by atoms with van der Waals surface area (Å²) in [6, 6.07) is 13.4. The Morgan fingerprint density at radius 2 is 1.55 bits per heavy atom. The van der Waals surface area contributed by atoms with Gasteiger partial charge in [-0.2, -0.15) is 0 Å². The molecule has 0 unspecified atom stereocenters. The molecule has 0 fully saturated rings. The summed E-state index contributed by atoms with van der Waals surface area (Å²) in [4.78, 5) is 35.9. The molecule has 2 aromatic carbocycles. The van der Waals surface area contributed by atoms with Gasteiger partial charge in [0.25, 0.3) is 0 Å². The first-order chi connectivity index (χ1) is 14.8. The van der Waals surface area contributed by atoms with E-state index in [0.717, 1.165) is 22.3 Å². The molecule has 0 spiro atoms. The fourth-order valence-corrected chi connectivity index (χ4v) is 3.78. The number of carbonyl (C=O) groups excluding carboxylic acids is 2. The Morgan fingerprint density at radius 1 is 1.00 bits per heavy atom. The molecule has 1 aliphatic rings. The number of aliphatic carboxylic acids is 1.